The van der Waals surface area contributed by atoms with Crippen LogP contribution in [0.25, 0.3) is 11.6 Å². The van der Waals surface area contributed by atoms with Crippen LogP contribution in [-0.2, 0) is 11.3 Å². The lowest BCUT2D eigenvalue weighted by Crippen LogP contribution is -2.26. The number of benzene rings is 1. The summed E-state index contributed by atoms with van der Waals surface area (Å²) >= 11 is 3.19. The van der Waals surface area contributed by atoms with Gasteiger partial charge in [-0.15, -0.1) is 22.0 Å². The van der Waals surface area contributed by atoms with Gasteiger partial charge in [0.15, 0.2) is 16.7 Å². The van der Waals surface area contributed by atoms with Gasteiger partial charge in [0.2, 0.25) is 5.91 Å². The fourth-order valence-corrected chi connectivity index (χ4v) is 4.16. The summed E-state index contributed by atoms with van der Waals surface area (Å²) in [5, 5.41) is 12.1. The van der Waals surface area contributed by atoms with Crippen LogP contribution >= 0.6 is 23.5 Å². The van der Waals surface area contributed by atoms with E-state index in [9.17, 15) is 4.79 Å². The number of aromatic nitrogens is 3. The first-order valence-electron chi connectivity index (χ1n) is 8.82. The van der Waals surface area contributed by atoms with Crippen molar-refractivity contribution in [2.45, 2.75) is 29.9 Å². The number of thioether (sulfide) groups is 2. The topological polar surface area (TPSA) is 73.0 Å². The summed E-state index contributed by atoms with van der Waals surface area (Å²) in [6.45, 7) is 3.41. The zero-order chi connectivity index (χ0) is 18.9. The van der Waals surface area contributed by atoms with E-state index >= 15 is 0 Å². The van der Waals surface area contributed by atoms with Gasteiger partial charge >= 0.3 is 0 Å². The highest BCUT2D eigenvalue weighted by molar-refractivity contribution is 7.99. The van der Waals surface area contributed by atoms with Gasteiger partial charge in [0.25, 0.3) is 0 Å². The van der Waals surface area contributed by atoms with Gasteiger partial charge < -0.3 is 9.73 Å². The van der Waals surface area contributed by atoms with Crippen LogP contribution in [0.4, 0.5) is 0 Å². The quantitative estimate of drug-likeness (QED) is 0.409. The molecule has 3 rings (SSSR count). The number of hydrogen-bond donors (Lipinski definition) is 1. The molecule has 1 amide bonds. The molecule has 3 aromatic rings. The lowest BCUT2D eigenvalue weighted by Gasteiger charge is -2.07. The molecule has 0 spiro atoms. The van der Waals surface area contributed by atoms with Crippen molar-refractivity contribution in [3.05, 3.63) is 48.7 Å². The van der Waals surface area contributed by atoms with E-state index in [1.54, 1.807) is 18.0 Å². The van der Waals surface area contributed by atoms with Gasteiger partial charge in [0.05, 0.1) is 12.0 Å². The molecule has 0 aliphatic heterocycles. The molecule has 6 nitrogen and oxygen atoms in total. The molecule has 1 aromatic carbocycles. The minimum atomic E-state index is 0.00918. The summed E-state index contributed by atoms with van der Waals surface area (Å²) in [7, 11) is 0. The predicted molar refractivity (Wildman–Crippen MR) is 109 cm³/mol. The molecule has 142 valence electrons. The molecule has 2 aromatic heterocycles. The molecule has 8 heteroatoms. The zero-order valence-corrected chi connectivity index (χ0v) is 16.8. The van der Waals surface area contributed by atoms with E-state index in [1.807, 2.05) is 41.8 Å². The SMILES string of the molecule is CCn1c(SCC(=O)NCCCSc2ccccc2)nnc1-c1ccco1. The van der Waals surface area contributed by atoms with Gasteiger partial charge in [-0.25, -0.2) is 0 Å². The lowest BCUT2D eigenvalue weighted by molar-refractivity contribution is -0.118. The third kappa shape index (κ3) is 5.64. The Balaban J connectivity index is 1.39. The number of carbonyl (C=O) groups is 1. The van der Waals surface area contributed by atoms with Crippen molar-refractivity contribution in [2.24, 2.45) is 0 Å². The van der Waals surface area contributed by atoms with Crippen molar-refractivity contribution in [2.75, 3.05) is 18.1 Å². The lowest BCUT2D eigenvalue weighted by atomic mass is 10.4. The third-order valence-corrected chi connectivity index (χ3v) is 5.83. The van der Waals surface area contributed by atoms with Crippen LogP contribution in [0.1, 0.15) is 13.3 Å². The fourth-order valence-electron chi connectivity index (χ4n) is 2.46. The molecule has 2 heterocycles. The van der Waals surface area contributed by atoms with Gasteiger partial charge in [0.1, 0.15) is 0 Å². The van der Waals surface area contributed by atoms with E-state index in [2.05, 4.69) is 27.6 Å². The molecule has 0 aliphatic rings. The Kier molecular flexibility index (Phi) is 7.41. The Morgan fingerprint density at radius 3 is 2.74 bits per heavy atom. The van der Waals surface area contributed by atoms with Gasteiger partial charge in [0, 0.05) is 18.0 Å². The second-order valence-electron chi connectivity index (χ2n) is 5.68. The van der Waals surface area contributed by atoms with E-state index < -0.39 is 0 Å². The highest BCUT2D eigenvalue weighted by Gasteiger charge is 2.16. The normalized spacial score (nSPS) is 10.9. The highest BCUT2D eigenvalue weighted by atomic mass is 32.2. The summed E-state index contributed by atoms with van der Waals surface area (Å²) in [4.78, 5) is 13.3. The van der Waals surface area contributed by atoms with Crippen LogP contribution in [0.2, 0.25) is 0 Å². The minimum Gasteiger partial charge on any atom is -0.461 e. The third-order valence-electron chi connectivity index (χ3n) is 3.76. The number of amides is 1. The number of nitrogens with zero attached hydrogens (tertiary/aromatic N) is 3. The van der Waals surface area contributed by atoms with Crippen molar-refractivity contribution >= 4 is 29.4 Å². The first kappa shape index (κ1) is 19.6. The molecule has 0 atom stereocenters. The molecule has 0 unspecified atom stereocenters. The Morgan fingerprint density at radius 2 is 2.00 bits per heavy atom. The largest absolute Gasteiger partial charge is 0.461 e. The molecular formula is C19H22N4O2S2. The van der Waals surface area contributed by atoms with Crippen LogP contribution in [0, 0.1) is 0 Å². The molecule has 0 saturated heterocycles. The number of hydrogen-bond acceptors (Lipinski definition) is 6. The van der Waals surface area contributed by atoms with E-state index in [1.165, 1.54) is 16.7 Å². The number of furan rings is 1. The number of rotatable bonds is 10. The average Bonchev–Trinajstić information content (AvgIpc) is 3.36. The summed E-state index contributed by atoms with van der Waals surface area (Å²) in [5.74, 6) is 2.67. The smallest absolute Gasteiger partial charge is 0.230 e. The van der Waals surface area contributed by atoms with Crippen LogP contribution in [0.3, 0.4) is 0 Å². The van der Waals surface area contributed by atoms with E-state index in [-0.39, 0.29) is 5.91 Å². The zero-order valence-electron chi connectivity index (χ0n) is 15.1. The summed E-state index contributed by atoms with van der Waals surface area (Å²) in [6.07, 6.45) is 2.55. The molecule has 27 heavy (non-hydrogen) atoms. The van der Waals surface area contributed by atoms with Crippen molar-refractivity contribution in [3.63, 3.8) is 0 Å². The van der Waals surface area contributed by atoms with Crippen molar-refractivity contribution in [1.82, 2.24) is 20.1 Å². The number of nitrogens with one attached hydrogen (secondary N) is 1. The second kappa shape index (κ2) is 10.2. The van der Waals surface area contributed by atoms with Gasteiger partial charge in [-0.1, -0.05) is 30.0 Å². The molecule has 0 radical (unpaired) electrons. The minimum absolute atomic E-state index is 0.00918. The maximum atomic E-state index is 12.1. The average molecular weight is 403 g/mol. The first-order valence-corrected chi connectivity index (χ1v) is 10.8. The molecular weight excluding hydrogens is 380 g/mol. The van der Waals surface area contributed by atoms with Crippen molar-refractivity contribution in [3.8, 4) is 11.6 Å². The summed E-state index contributed by atoms with van der Waals surface area (Å²) < 4.78 is 7.35. The van der Waals surface area contributed by atoms with E-state index in [4.69, 9.17) is 4.42 Å². The van der Waals surface area contributed by atoms with Crippen LogP contribution in [0.5, 0.6) is 0 Å². The molecule has 0 bridgehead atoms. The van der Waals surface area contributed by atoms with Gasteiger partial charge in [-0.05, 0) is 43.4 Å². The van der Waals surface area contributed by atoms with Crippen molar-refractivity contribution in [1.29, 1.82) is 0 Å². The van der Waals surface area contributed by atoms with Crippen LogP contribution in [0.15, 0.2) is 63.2 Å². The molecule has 0 fully saturated rings. The number of carbonyl (C=O) groups excluding carboxylic acids is 1. The van der Waals surface area contributed by atoms with E-state index in [0.717, 1.165) is 17.3 Å². The summed E-state index contributed by atoms with van der Waals surface area (Å²) in [6, 6.07) is 14.0. The van der Waals surface area contributed by atoms with Crippen LogP contribution in [-0.4, -0.2) is 38.7 Å². The molecule has 1 N–H and O–H groups in total. The van der Waals surface area contributed by atoms with Crippen molar-refractivity contribution < 1.29 is 9.21 Å². The predicted octanol–water partition coefficient (Wildman–Crippen LogP) is 3.95. The Morgan fingerprint density at radius 1 is 1.15 bits per heavy atom. The maximum absolute atomic E-state index is 12.1. The van der Waals surface area contributed by atoms with Gasteiger partial charge in [-0.2, -0.15) is 0 Å². The van der Waals surface area contributed by atoms with Gasteiger partial charge in [-0.3, -0.25) is 9.36 Å². The second-order valence-corrected chi connectivity index (χ2v) is 7.79. The Hall–Kier alpha value is -2.19. The van der Waals surface area contributed by atoms with E-state index in [0.29, 0.717) is 30.4 Å². The highest BCUT2D eigenvalue weighted by Crippen LogP contribution is 2.24. The maximum Gasteiger partial charge on any atom is 0.230 e. The summed E-state index contributed by atoms with van der Waals surface area (Å²) in [5.41, 5.74) is 0. The standard InChI is InChI=1S/C19H22N4O2S2/c1-2-23-18(16-10-6-12-25-16)21-22-19(23)27-14-17(24)20-11-7-13-26-15-8-4-3-5-9-15/h3-6,8-10,12H,2,7,11,13-14H2,1H3,(H,20,24). The Bertz CT molecular complexity index is 835. The van der Waals surface area contributed by atoms with Crippen LogP contribution < -0.4 is 5.32 Å². The first-order chi connectivity index (χ1) is 13.3. The fraction of sp³-hybridized carbons (Fsp3) is 0.316. The molecule has 0 aliphatic carbocycles. The molecule has 0 saturated carbocycles. The Labute approximate surface area is 167 Å². The monoisotopic (exact) mass is 402 g/mol.